The molecule has 0 bridgehead atoms. The van der Waals surface area contributed by atoms with Crippen molar-refractivity contribution in [2.24, 2.45) is 10.7 Å². The molecule has 0 aromatic carbocycles. The van der Waals surface area contributed by atoms with Gasteiger partial charge in [-0.25, -0.2) is 8.78 Å². The third-order valence-corrected chi connectivity index (χ3v) is 1.99. The lowest BCUT2D eigenvalue weighted by molar-refractivity contribution is 0.0174. The average molecular weight is 191 g/mol. The molecule has 76 valence electrons. The number of likely N-dealkylation sites (tertiary alicyclic amines) is 1. The van der Waals surface area contributed by atoms with Gasteiger partial charge >= 0.3 is 0 Å². The Balaban J connectivity index is 2.46. The molecule has 1 aliphatic rings. The minimum Gasteiger partial charge on any atom is -0.370 e. The molecule has 1 saturated heterocycles. The summed E-state index contributed by atoms with van der Waals surface area (Å²) in [4.78, 5) is 5.42. The van der Waals surface area contributed by atoms with Gasteiger partial charge in [-0.2, -0.15) is 0 Å². The van der Waals surface area contributed by atoms with Crippen LogP contribution in [-0.2, 0) is 0 Å². The van der Waals surface area contributed by atoms with Crippen LogP contribution in [0.4, 0.5) is 8.78 Å². The van der Waals surface area contributed by atoms with Gasteiger partial charge in [0, 0.05) is 19.5 Å². The first kappa shape index (κ1) is 10.2. The number of guanidine groups is 1. The van der Waals surface area contributed by atoms with Crippen molar-refractivity contribution >= 4 is 5.96 Å². The van der Waals surface area contributed by atoms with Gasteiger partial charge in [-0.3, -0.25) is 4.99 Å². The van der Waals surface area contributed by atoms with Crippen molar-refractivity contribution in [3.63, 3.8) is 0 Å². The monoisotopic (exact) mass is 191 g/mol. The van der Waals surface area contributed by atoms with Crippen molar-refractivity contribution in [1.29, 1.82) is 0 Å². The SMILES string of the molecule is CCCN=C(N)N1CCC(F)(F)C1. The zero-order chi connectivity index (χ0) is 9.90. The quantitative estimate of drug-likeness (QED) is 0.523. The van der Waals surface area contributed by atoms with Crippen molar-refractivity contribution in [2.75, 3.05) is 19.6 Å². The molecule has 0 aliphatic carbocycles. The number of rotatable bonds is 2. The molecule has 0 amide bonds. The number of nitrogens with zero attached hydrogens (tertiary/aromatic N) is 2. The van der Waals surface area contributed by atoms with E-state index in [2.05, 4.69) is 4.99 Å². The maximum Gasteiger partial charge on any atom is 0.267 e. The summed E-state index contributed by atoms with van der Waals surface area (Å²) < 4.78 is 25.4. The van der Waals surface area contributed by atoms with Gasteiger partial charge in [0.15, 0.2) is 5.96 Å². The van der Waals surface area contributed by atoms with E-state index in [4.69, 9.17) is 5.73 Å². The van der Waals surface area contributed by atoms with Crippen LogP contribution >= 0.6 is 0 Å². The fourth-order valence-electron chi connectivity index (χ4n) is 1.26. The van der Waals surface area contributed by atoms with Gasteiger partial charge in [0.1, 0.15) is 0 Å². The fraction of sp³-hybridized carbons (Fsp3) is 0.875. The molecule has 0 unspecified atom stereocenters. The normalized spacial score (nSPS) is 22.4. The Bertz CT molecular complexity index is 204. The molecule has 1 fully saturated rings. The molecule has 0 radical (unpaired) electrons. The Morgan fingerprint density at radius 3 is 2.77 bits per heavy atom. The zero-order valence-electron chi connectivity index (χ0n) is 7.76. The zero-order valence-corrected chi connectivity index (χ0v) is 7.76. The summed E-state index contributed by atoms with van der Waals surface area (Å²) in [6.07, 6.45) is 0.764. The summed E-state index contributed by atoms with van der Waals surface area (Å²) in [6.45, 7) is 2.60. The first-order valence-electron chi connectivity index (χ1n) is 4.48. The van der Waals surface area contributed by atoms with Crippen LogP contribution in [0.3, 0.4) is 0 Å². The van der Waals surface area contributed by atoms with Gasteiger partial charge in [-0.05, 0) is 6.42 Å². The van der Waals surface area contributed by atoms with E-state index in [1.165, 1.54) is 4.90 Å². The molecule has 13 heavy (non-hydrogen) atoms. The van der Waals surface area contributed by atoms with Gasteiger partial charge in [0.2, 0.25) is 0 Å². The van der Waals surface area contributed by atoms with Gasteiger partial charge < -0.3 is 10.6 Å². The van der Waals surface area contributed by atoms with E-state index in [0.29, 0.717) is 13.1 Å². The van der Waals surface area contributed by atoms with Crippen molar-refractivity contribution in [2.45, 2.75) is 25.7 Å². The molecule has 1 rings (SSSR count). The minimum absolute atomic E-state index is 0.116. The topological polar surface area (TPSA) is 41.6 Å². The lowest BCUT2D eigenvalue weighted by Crippen LogP contribution is -2.37. The number of aliphatic imine (C=N–C) groups is 1. The van der Waals surface area contributed by atoms with Crippen LogP contribution in [0.15, 0.2) is 4.99 Å². The summed E-state index contributed by atoms with van der Waals surface area (Å²) in [5.41, 5.74) is 5.53. The van der Waals surface area contributed by atoms with Gasteiger partial charge in [0.05, 0.1) is 6.54 Å². The summed E-state index contributed by atoms with van der Waals surface area (Å²) in [7, 11) is 0. The molecule has 5 heteroatoms. The molecular weight excluding hydrogens is 176 g/mol. The third kappa shape index (κ3) is 2.82. The van der Waals surface area contributed by atoms with E-state index < -0.39 is 5.92 Å². The number of hydrogen-bond acceptors (Lipinski definition) is 1. The first-order valence-corrected chi connectivity index (χ1v) is 4.48. The van der Waals surface area contributed by atoms with Crippen LogP contribution in [0.2, 0.25) is 0 Å². The van der Waals surface area contributed by atoms with E-state index in [9.17, 15) is 8.78 Å². The second kappa shape index (κ2) is 3.89. The molecule has 0 aromatic heterocycles. The fourth-order valence-corrected chi connectivity index (χ4v) is 1.26. The highest BCUT2D eigenvalue weighted by molar-refractivity contribution is 5.78. The van der Waals surface area contributed by atoms with Crippen LogP contribution in [0.1, 0.15) is 19.8 Å². The van der Waals surface area contributed by atoms with Crippen LogP contribution in [0, 0.1) is 0 Å². The molecule has 0 atom stereocenters. The molecule has 1 aliphatic heterocycles. The Morgan fingerprint density at radius 1 is 1.62 bits per heavy atom. The predicted octanol–water partition coefficient (Wildman–Crippen LogP) is 1.05. The minimum atomic E-state index is -2.59. The summed E-state index contributed by atoms with van der Waals surface area (Å²) in [5, 5.41) is 0. The third-order valence-electron chi connectivity index (χ3n) is 1.99. The maximum atomic E-state index is 12.7. The van der Waals surface area contributed by atoms with Crippen LogP contribution in [0.5, 0.6) is 0 Å². The van der Waals surface area contributed by atoms with Gasteiger partial charge in [0.25, 0.3) is 5.92 Å². The lowest BCUT2D eigenvalue weighted by atomic mass is 10.3. The molecule has 0 aromatic rings. The summed E-state index contributed by atoms with van der Waals surface area (Å²) in [5.74, 6) is -2.34. The molecule has 0 saturated carbocycles. The predicted molar refractivity (Wildman–Crippen MR) is 47.9 cm³/mol. The van der Waals surface area contributed by atoms with E-state index >= 15 is 0 Å². The van der Waals surface area contributed by atoms with Crippen LogP contribution in [-0.4, -0.2) is 36.4 Å². The highest BCUT2D eigenvalue weighted by atomic mass is 19.3. The Hall–Kier alpha value is -0.870. The van der Waals surface area contributed by atoms with Crippen molar-refractivity contribution in [1.82, 2.24) is 4.90 Å². The molecule has 0 spiro atoms. The lowest BCUT2D eigenvalue weighted by Gasteiger charge is -2.16. The van der Waals surface area contributed by atoms with E-state index in [1.807, 2.05) is 6.92 Å². The molecule has 2 N–H and O–H groups in total. The van der Waals surface area contributed by atoms with E-state index in [1.54, 1.807) is 0 Å². The summed E-state index contributed by atoms with van der Waals surface area (Å²) >= 11 is 0. The van der Waals surface area contributed by atoms with E-state index in [0.717, 1.165) is 6.42 Å². The highest BCUT2D eigenvalue weighted by Crippen LogP contribution is 2.26. The number of halogens is 2. The van der Waals surface area contributed by atoms with Gasteiger partial charge in [-0.15, -0.1) is 0 Å². The van der Waals surface area contributed by atoms with E-state index in [-0.39, 0.29) is 18.9 Å². The summed E-state index contributed by atoms with van der Waals surface area (Å²) in [6, 6.07) is 0. The van der Waals surface area contributed by atoms with Crippen molar-refractivity contribution in [3.8, 4) is 0 Å². The first-order chi connectivity index (χ1) is 6.05. The number of nitrogens with two attached hydrogens (primary N) is 1. The van der Waals surface area contributed by atoms with Crippen molar-refractivity contribution in [3.05, 3.63) is 0 Å². The Kier molecular flexibility index (Phi) is 3.06. The average Bonchev–Trinajstić information content (AvgIpc) is 2.42. The Morgan fingerprint density at radius 2 is 2.31 bits per heavy atom. The second-order valence-corrected chi connectivity index (χ2v) is 3.27. The number of alkyl halides is 2. The molecule has 3 nitrogen and oxygen atoms in total. The largest absolute Gasteiger partial charge is 0.370 e. The smallest absolute Gasteiger partial charge is 0.267 e. The van der Waals surface area contributed by atoms with Crippen LogP contribution < -0.4 is 5.73 Å². The van der Waals surface area contributed by atoms with Crippen molar-refractivity contribution < 1.29 is 8.78 Å². The Labute approximate surface area is 76.6 Å². The van der Waals surface area contributed by atoms with Gasteiger partial charge in [-0.1, -0.05) is 6.92 Å². The standard InChI is InChI=1S/C8H15F2N3/c1-2-4-12-7(11)13-5-3-8(9,10)6-13/h2-6H2,1H3,(H2,11,12). The number of hydrogen-bond donors (Lipinski definition) is 1. The second-order valence-electron chi connectivity index (χ2n) is 3.27. The molecular formula is C8H15F2N3. The maximum absolute atomic E-state index is 12.7. The molecule has 1 heterocycles. The van der Waals surface area contributed by atoms with Crippen LogP contribution in [0.25, 0.3) is 0 Å². The highest BCUT2D eigenvalue weighted by Gasteiger charge is 2.38.